The minimum Gasteiger partial charge on any atom is -0.392 e. The first-order valence-electron chi connectivity index (χ1n) is 6.66. The van der Waals surface area contributed by atoms with Gasteiger partial charge in [-0.15, -0.1) is 0 Å². The minimum atomic E-state index is -0.828. The van der Waals surface area contributed by atoms with E-state index in [0.29, 0.717) is 31.2 Å². The van der Waals surface area contributed by atoms with E-state index in [-0.39, 0.29) is 10.9 Å². The Morgan fingerprint density at radius 3 is 2.76 bits per heavy atom. The van der Waals surface area contributed by atoms with Crippen LogP contribution in [0, 0.1) is 5.41 Å². The first kappa shape index (κ1) is 14.4. The van der Waals surface area contributed by atoms with Gasteiger partial charge in [-0.1, -0.05) is 35.7 Å². The summed E-state index contributed by atoms with van der Waals surface area (Å²) >= 11 is 6.57. The molecule has 0 unspecified atom stereocenters. The normalized spacial score (nSPS) is 17.5. The molecule has 110 valence electrons. The van der Waals surface area contributed by atoms with E-state index in [1.54, 1.807) is 0 Å². The van der Waals surface area contributed by atoms with Gasteiger partial charge in [0, 0.05) is 13.2 Å². The van der Waals surface area contributed by atoms with Crippen LogP contribution in [0.15, 0.2) is 24.3 Å². The molecule has 3 rings (SSSR count). The van der Waals surface area contributed by atoms with Gasteiger partial charge < -0.3 is 15.8 Å². The van der Waals surface area contributed by atoms with Crippen molar-refractivity contribution in [3.05, 3.63) is 24.3 Å². The second kappa shape index (κ2) is 5.67. The van der Waals surface area contributed by atoms with Crippen LogP contribution < -0.4 is 11.1 Å². The van der Waals surface area contributed by atoms with E-state index in [9.17, 15) is 4.79 Å². The van der Waals surface area contributed by atoms with E-state index in [2.05, 4.69) is 10.3 Å². The summed E-state index contributed by atoms with van der Waals surface area (Å²) in [7, 11) is 0. The number of carbonyl (C=O) groups is 1. The van der Waals surface area contributed by atoms with E-state index >= 15 is 0 Å². The molecule has 0 atom stereocenters. The maximum Gasteiger partial charge on any atom is 0.239 e. The first-order valence-corrected chi connectivity index (χ1v) is 7.89. The van der Waals surface area contributed by atoms with Crippen molar-refractivity contribution in [1.29, 1.82) is 0 Å². The molecule has 0 saturated carbocycles. The van der Waals surface area contributed by atoms with Gasteiger partial charge in [-0.3, -0.25) is 4.79 Å². The number of rotatable bonds is 3. The molecule has 0 radical (unpaired) electrons. The van der Waals surface area contributed by atoms with Crippen LogP contribution in [0.25, 0.3) is 10.2 Å². The number of benzene rings is 1. The zero-order chi connectivity index (χ0) is 14.9. The lowest BCUT2D eigenvalue weighted by molar-refractivity contribution is -0.126. The minimum absolute atomic E-state index is 0.183. The number of nitrogens with one attached hydrogen (secondary N) is 1. The molecule has 0 aliphatic carbocycles. The van der Waals surface area contributed by atoms with Crippen molar-refractivity contribution < 1.29 is 9.53 Å². The maximum atomic E-state index is 12.6. The van der Waals surface area contributed by atoms with Crippen molar-refractivity contribution in [3.8, 4) is 0 Å². The lowest BCUT2D eigenvalue weighted by atomic mass is 9.79. The van der Waals surface area contributed by atoms with Gasteiger partial charge in [0.15, 0.2) is 5.13 Å². The molecule has 1 saturated heterocycles. The molecule has 1 aliphatic rings. The summed E-state index contributed by atoms with van der Waals surface area (Å²) in [6.07, 6.45) is 1.03. The van der Waals surface area contributed by atoms with Gasteiger partial charge in [0.2, 0.25) is 5.91 Å². The van der Waals surface area contributed by atoms with Crippen LogP contribution in [0.4, 0.5) is 5.13 Å². The Hall–Kier alpha value is -1.57. The van der Waals surface area contributed by atoms with Gasteiger partial charge in [0.25, 0.3) is 0 Å². The predicted molar refractivity (Wildman–Crippen MR) is 87.5 cm³/mol. The molecule has 5 nitrogen and oxygen atoms in total. The van der Waals surface area contributed by atoms with Crippen LogP contribution in [-0.2, 0) is 9.53 Å². The summed E-state index contributed by atoms with van der Waals surface area (Å²) in [5.41, 5.74) is 5.87. The Kier molecular flexibility index (Phi) is 3.88. The van der Waals surface area contributed by atoms with Crippen LogP contribution in [0.2, 0.25) is 0 Å². The van der Waals surface area contributed by atoms with Gasteiger partial charge in [-0.25, -0.2) is 4.98 Å². The number of fused-ring (bicyclic) bond motifs is 1. The molecule has 3 N–H and O–H groups in total. The molecule has 1 amide bonds. The van der Waals surface area contributed by atoms with Crippen LogP contribution >= 0.6 is 23.6 Å². The Labute approximate surface area is 131 Å². The van der Waals surface area contributed by atoms with Gasteiger partial charge >= 0.3 is 0 Å². The van der Waals surface area contributed by atoms with Crippen LogP contribution in [0.1, 0.15) is 12.8 Å². The molecule has 0 bridgehead atoms. The average molecular weight is 321 g/mol. The van der Waals surface area contributed by atoms with E-state index < -0.39 is 5.41 Å². The lowest BCUT2D eigenvalue weighted by Gasteiger charge is -2.34. The molecular formula is C14H15N3O2S2. The van der Waals surface area contributed by atoms with Crippen LogP contribution in [0.3, 0.4) is 0 Å². The monoisotopic (exact) mass is 321 g/mol. The molecule has 7 heteroatoms. The van der Waals surface area contributed by atoms with Crippen molar-refractivity contribution >= 4 is 49.8 Å². The summed E-state index contributed by atoms with van der Waals surface area (Å²) in [4.78, 5) is 17.3. The summed E-state index contributed by atoms with van der Waals surface area (Å²) in [6, 6.07) is 7.75. The molecule has 1 aliphatic heterocycles. The summed E-state index contributed by atoms with van der Waals surface area (Å²) in [5.74, 6) is -0.183. The standard InChI is InChI=1S/C14H15N3O2S2/c15-11(20)14(5-7-19-8-6-14)12(18)17-13-16-9-3-1-2-4-10(9)21-13/h1-4H,5-8H2,(H2,15,20)(H,16,17,18). The summed E-state index contributed by atoms with van der Waals surface area (Å²) < 4.78 is 6.35. The van der Waals surface area contributed by atoms with Crippen molar-refractivity contribution in [2.45, 2.75) is 12.8 Å². The highest BCUT2D eigenvalue weighted by Crippen LogP contribution is 2.34. The molecule has 1 fully saturated rings. The number of hydrogen-bond donors (Lipinski definition) is 2. The number of anilines is 1. The van der Waals surface area contributed by atoms with E-state index in [1.807, 2.05) is 24.3 Å². The quantitative estimate of drug-likeness (QED) is 0.848. The second-order valence-corrected chi connectivity index (χ2v) is 6.47. The van der Waals surface area contributed by atoms with Gasteiger partial charge in [0.1, 0.15) is 5.41 Å². The Morgan fingerprint density at radius 1 is 1.38 bits per heavy atom. The number of thiocarbonyl (C=S) groups is 1. The number of nitrogens with two attached hydrogens (primary N) is 1. The number of para-hydroxylation sites is 1. The molecule has 2 aromatic rings. The number of carbonyl (C=O) groups excluding carboxylic acids is 1. The third kappa shape index (κ3) is 2.64. The average Bonchev–Trinajstić information content (AvgIpc) is 2.89. The Morgan fingerprint density at radius 2 is 2.10 bits per heavy atom. The van der Waals surface area contributed by atoms with E-state index in [1.165, 1.54) is 11.3 Å². The van der Waals surface area contributed by atoms with Crippen molar-refractivity contribution in [3.63, 3.8) is 0 Å². The van der Waals surface area contributed by atoms with Gasteiger partial charge in [0.05, 0.1) is 15.2 Å². The lowest BCUT2D eigenvalue weighted by Crippen LogP contribution is -2.49. The van der Waals surface area contributed by atoms with Gasteiger partial charge in [-0.05, 0) is 25.0 Å². The largest absolute Gasteiger partial charge is 0.392 e. The molecule has 2 heterocycles. The number of thiazole rings is 1. The number of nitrogens with zero attached hydrogens (tertiary/aromatic N) is 1. The van der Waals surface area contributed by atoms with Crippen molar-refractivity contribution in [1.82, 2.24) is 4.98 Å². The van der Waals surface area contributed by atoms with E-state index in [0.717, 1.165) is 10.2 Å². The summed E-state index contributed by atoms with van der Waals surface area (Å²) in [5, 5.41) is 3.44. The molecule has 21 heavy (non-hydrogen) atoms. The highest BCUT2D eigenvalue weighted by Gasteiger charge is 2.43. The predicted octanol–water partition coefficient (Wildman–Crippen LogP) is 2.32. The topological polar surface area (TPSA) is 77.2 Å². The maximum absolute atomic E-state index is 12.6. The number of hydrogen-bond acceptors (Lipinski definition) is 5. The summed E-state index contributed by atoms with van der Waals surface area (Å²) in [6.45, 7) is 0.981. The third-order valence-electron chi connectivity index (χ3n) is 3.77. The Balaban J connectivity index is 1.85. The highest BCUT2D eigenvalue weighted by atomic mass is 32.1. The molecule has 1 aromatic carbocycles. The SMILES string of the molecule is NC(=S)C1(C(=O)Nc2nc3ccccc3s2)CCOCC1. The highest BCUT2D eigenvalue weighted by molar-refractivity contribution is 7.80. The fraction of sp³-hybridized carbons (Fsp3) is 0.357. The van der Waals surface area contributed by atoms with Crippen LogP contribution in [-0.4, -0.2) is 29.1 Å². The molecule has 0 spiro atoms. The number of aromatic nitrogens is 1. The smallest absolute Gasteiger partial charge is 0.239 e. The second-order valence-electron chi connectivity index (χ2n) is 5.00. The first-order chi connectivity index (χ1) is 10.1. The Bertz CT molecular complexity index is 659. The van der Waals surface area contributed by atoms with Crippen molar-refractivity contribution in [2.75, 3.05) is 18.5 Å². The number of ether oxygens (including phenoxy) is 1. The van der Waals surface area contributed by atoms with Crippen LogP contribution in [0.5, 0.6) is 0 Å². The zero-order valence-corrected chi connectivity index (χ0v) is 12.9. The van der Waals surface area contributed by atoms with E-state index in [4.69, 9.17) is 22.7 Å². The third-order valence-corrected chi connectivity index (χ3v) is 5.11. The number of amides is 1. The molecule has 1 aromatic heterocycles. The fourth-order valence-electron chi connectivity index (χ4n) is 2.45. The fourth-order valence-corrected chi connectivity index (χ4v) is 3.61. The van der Waals surface area contributed by atoms with Gasteiger partial charge in [-0.2, -0.15) is 0 Å². The zero-order valence-electron chi connectivity index (χ0n) is 11.3. The molecular weight excluding hydrogens is 306 g/mol. The van der Waals surface area contributed by atoms with Crippen molar-refractivity contribution in [2.24, 2.45) is 11.1 Å².